The predicted molar refractivity (Wildman–Crippen MR) is 63.0 cm³/mol. The van der Waals surface area contributed by atoms with Gasteiger partial charge in [0.2, 0.25) is 0 Å². The molecule has 2 fully saturated rings. The van der Waals surface area contributed by atoms with E-state index in [1.54, 1.807) is 0 Å². The molecule has 0 spiro atoms. The van der Waals surface area contributed by atoms with Gasteiger partial charge in [0, 0.05) is 12.6 Å². The molecular formula is C13H25NO. The molecule has 2 aliphatic rings. The molecule has 1 heterocycles. The lowest BCUT2D eigenvalue weighted by Gasteiger charge is -2.35. The van der Waals surface area contributed by atoms with Crippen LogP contribution in [0, 0.1) is 5.92 Å². The van der Waals surface area contributed by atoms with Gasteiger partial charge in [-0.15, -0.1) is 0 Å². The largest absolute Gasteiger partial charge is 0.378 e. The average molecular weight is 211 g/mol. The van der Waals surface area contributed by atoms with Crippen LogP contribution in [-0.4, -0.2) is 25.3 Å². The van der Waals surface area contributed by atoms with Gasteiger partial charge in [0.25, 0.3) is 0 Å². The van der Waals surface area contributed by atoms with Crippen molar-refractivity contribution in [1.82, 2.24) is 5.32 Å². The molecular weight excluding hydrogens is 186 g/mol. The highest BCUT2D eigenvalue weighted by Crippen LogP contribution is 2.33. The van der Waals surface area contributed by atoms with Gasteiger partial charge in [-0.25, -0.2) is 0 Å². The topological polar surface area (TPSA) is 21.3 Å². The molecule has 2 nitrogen and oxygen atoms in total. The van der Waals surface area contributed by atoms with Crippen molar-refractivity contribution >= 4 is 0 Å². The first-order valence-electron chi connectivity index (χ1n) is 6.75. The Balaban J connectivity index is 1.75. The summed E-state index contributed by atoms with van der Waals surface area (Å²) in [6, 6.07) is 0.738. The minimum Gasteiger partial charge on any atom is -0.378 e. The van der Waals surface area contributed by atoms with E-state index in [1.165, 1.54) is 51.5 Å². The van der Waals surface area contributed by atoms with Crippen LogP contribution < -0.4 is 5.32 Å². The molecule has 1 saturated heterocycles. The third-order valence-electron chi connectivity index (χ3n) is 3.92. The Morgan fingerprint density at radius 3 is 2.67 bits per heavy atom. The Morgan fingerprint density at radius 1 is 1.27 bits per heavy atom. The van der Waals surface area contributed by atoms with Crippen molar-refractivity contribution in [2.45, 2.75) is 64.0 Å². The highest BCUT2D eigenvalue weighted by molar-refractivity contribution is 4.85. The molecule has 0 bridgehead atoms. The van der Waals surface area contributed by atoms with Gasteiger partial charge in [0.15, 0.2) is 0 Å². The summed E-state index contributed by atoms with van der Waals surface area (Å²) in [5.74, 6) is 0.945. The van der Waals surface area contributed by atoms with E-state index in [0.29, 0.717) is 6.10 Å². The molecule has 0 aromatic carbocycles. The zero-order valence-corrected chi connectivity index (χ0v) is 10.0. The molecule has 1 N–H and O–H groups in total. The van der Waals surface area contributed by atoms with Crippen molar-refractivity contribution in [3.63, 3.8) is 0 Å². The minimum absolute atomic E-state index is 0.556. The fourth-order valence-electron chi connectivity index (χ4n) is 2.73. The van der Waals surface area contributed by atoms with Crippen LogP contribution in [0.15, 0.2) is 0 Å². The summed E-state index contributed by atoms with van der Waals surface area (Å²) in [7, 11) is 0. The van der Waals surface area contributed by atoms with Crippen LogP contribution in [0.3, 0.4) is 0 Å². The van der Waals surface area contributed by atoms with E-state index in [0.717, 1.165) is 18.6 Å². The maximum absolute atomic E-state index is 5.74. The van der Waals surface area contributed by atoms with Gasteiger partial charge >= 0.3 is 0 Å². The first kappa shape index (κ1) is 11.4. The zero-order valence-electron chi connectivity index (χ0n) is 10.0. The van der Waals surface area contributed by atoms with Crippen molar-refractivity contribution in [3.05, 3.63) is 0 Å². The van der Waals surface area contributed by atoms with Gasteiger partial charge in [-0.3, -0.25) is 0 Å². The van der Waals surface area contributed by atoms with Crippen LogP contribution in [0.2, 0.25) is 0 Å². The number of ether oxygens (including phenoxy) is 1. The summed E-state index contributed by atoms with van der Waals surface area (Å²) in [4.78, 5) is 0. The third-order valence-corrected chi connectivity index (χ3v) is 3.92. The molecule has 2 heteroatoms. The van der Waals surface area contributed by atoms with Crippen LogP contribution in [0.25, 0.3) is 0 Å². The van der Waals surface area contributed by atoms with Crippen LogP contribution in [-0.2, 0) is 4.74 Å². The molecule has 2 atom stereocenters. The van der Waals surface area contributed by atoms with E-state index in [-0.39, 0.29) is 0 Å². The molecule has 0 radical (unpaired) electrons. The van der Waals surface area contributed by atoms with Gasteiger partial charge in [-0.1, -0.05) is 13.3 Å². The molecule has 0 aromatic rings. The zero-order chi connectivity index (χ0) is 10.5. The molecule has 1 saturated carbocycles. The van der Waals surface area contributed by atoms with Crippen molar-refractivity contribution in [3.8, 4) is 0 Å². The van der Waals surface area contributed by atoms with Crippen LogP contribution in [0.4, 0.5) is 0 Å². The lowest BCUT2D eigenvalue weighted by atomic mass is 9.77. The number of hydrogen-bond donors (Lipinski definition) is 1. The molecule has 2 rings (SSSR count). The summed E-state index contributed by atoms with van der Waals surface area (Å²) >= 11 is 0. The van der Waals surface area contributed by atoms with Crippen LogP contribution in [0.1, 0.15) is 51.9 Å². The second kappa shape index (κ2) is 5.86. The summed E-state index contributed by atoms with van der Waals surface area (Å²) in [6.45, 7) is 4.42. The van der Waals surface area contributed by atoms with E-state index in [1.807, 2.05) is 0 Å². The maximum Gasteiger partial charge on any atom is 0.0590 e. The van der Waals surface area contributed by atoms with Crippen LogP contribution >= 0.6 is 0 Å². The minimum atomic E-state index is 0.556. The summed E-state index contributed by atoms with van der Waals surface area (Å²) in [5.41, 5.74) is 0. The summed E-state index contributed by atoms with van der Waals surface area (Å²) in [5, 5.41) is 3.72. The van der Waals surface area contributed by atoms with E-state index in [4.69, 9.17) is 4.74 Å². The van der Waals surface area contributed by atoms with Crippen molar-refractivity contribution in [2.75, 3.05) is 13.2 Å². The fourth-order valence-corrected chi connectivity index (χ4v) is 2.73. The van der Waals surface area contributed by atoms with Crippen molar-refractivity contribution in [2.24, 2.45) is 5.92 Å². The molecule has 0 amide bonds. The monoisotopic (exact) mass is 211 g/mol. The predicted octanol–water partition coefficient (Wildman–Crippen LogP) is 2.72. The van der Waals surface area contributed by atoms with Gasteiger partial charge < -0.3 is 10.1 Å². The van der Waals surface area contributed by atoms with E-state index in [9.17, 15) is 0 Å². The second-order valence-corrected chi connectivity index (χ2v) is 5.12. The lowest BCUT2D eigenvalue weighted by molar-refractivity contribution is 0.0775. The van der Waals surface area contributed by atoms with Crippen LogP contribution in [0.5, 0.6) is 0 Å². The van der Waals surface area contributed by atoms with E-state index >= 15 is 0 Å². The van der Waals surface area contributed by atoms with Gasteiger partial charge in [0.05, 0.1) is 6.10 Å². The summed E-state index contributed by atoms with van der Waals surface area (Å²) in [6.07, 6.45) is 9.94. The average Bonchev–Trinajstić information content (AvgIpc) is 2.64. The molecule has 1 aliphatic carbocycles. The second-order valence-electron chi connectivity index (χ2n) is 5.12. The normalized spacial score (nSPS) is 29.0. The number of hydrogen-bond acceptors (Lipinski definition) is 2. The Bertz CT molecular complexity index is 173. The lowest BCUT2D eigenvalue weighted by Crippen LogP contribution is -2.42. The molecule has 2 unspecified atom stereocenters. The standard InChI is InChI=1S/C13H25NO/c1-2-8-14-13(11-5-3-6-11)10-12-7-4-9-15-12/h11-14H,2-10H2,1H3. The van der Waals surface area contributed by atoms with Crippen molar-refractivity contribution in [1.29, 1.82) is 0 Å². The highest BCUT2D eigenvalue weighted by Gasteiger charge is 2.30. The van der Waals surface area contributed by atoms with E-state index < -0.39 is 0 Å². The first-order valence-corrected chi connectivity index (χ1v) is 6.75. The molecule has 0 aromatic heterocycles. The fraction of sp³-hybridized carbons (Fsp3) is 1.00. The molecule has 88 valence electrons. The Morgan fingerprint density at radius 2 is 2.13 bits per heavy atom. The highest BCUT2D eigenvalue weighted by atomic mass is 16.5. The number of rotatable bonds is 6. The van der Waals surface area contributed by atoms with Gasteiger partial charge in [-0.05, 0) is 51.0 Å². The smallest absolute Gasteiger partial charge is 0.0590 e. The molecule has 15 heavy (non-hydrogen) atoms. The molecule has 1 aliphatic heterocycles. The number of nitrogens with one attached hydrogen (secondary N) is 1. The van der Waals surface area contributed by atoms with Crippen molar-refractivity contribution < 1.29 is 4.74 Å². The summed E-state index contributed by atoms with van der Waals surface area (Å²) < 4.78 is 5.74. The van der Waals surface area contributed by atoms with Gasteiger partial charge in [-0.2, -0.15) is 0 Å². The quantitative estimate of drug-likeness (QED) is 0.729. The Labute approximate surface area is 93.8 Å². The van der Waals surface area contributed by atoms with Gasteiger partial charge in [0.1, 0.15) is 0 Å². The van der Waals surface area contributed by atoms with E-state index in [2.05, 4.69) is 12.2 Å². The maximum atomic E-state index is 5.74. The Kier molecular flexibility index (Phi) is 4.45. The third kappa shape index (κ3) is 3.18. The SMILES string of the molecule is CCCNC(CC1CCCO1)C1CCC1. The Hall–Kier alpha value is -0.0800. The first-order chi connectivity index (χ1) is 7.40.